The molecule has 3 N–H and O–H groups in total. The highest BCUT2D eigenvalue weighted by Gasteiger charge is 2.07. The summed E-state index contributed by atoms with van der Waals surface area (Å²) in [6.45, 7) is 2.31. The number of hydrogen-bond acceptors (Lipinski definition) is 3. The van der Waals surface area contributed by atoms with E-state index in [0.29, 0.717) is 17.8 Å². The Balaban J connectivity index is 2.09. The Labute approximate surface area is 108 Å². The van der Waals surface area contributed by atoms with Crippen LogP contribution in [0.4, 0.5) is 10.1 Å². The molecule has 0 aliphatic heterocycles. The summed E-state index contributed by atoms with van der Waals surface area (Å²) in [5.74, 6) is -0.721. The van der Waals surface area contributed by atoms with Gasteiger partial charge in [-0.2, -0.15) is 0 Å². The zero-order valence-corrected chi connectivity index (χ0v) is 10.7. The molecule has 1 aromatic carbocycles. The third kappa shape index (κ3) is 2.68. The van der Waals surface area contributed by atoms with Crippen LogP contribution in [-0.2, 0) is 6.54 Å². The molecule has 0 aliphatic rings. The van der Waals surface area contributed by atoms with Crippen molar-refractivity contribution in [2.75, 3.05) is 5.32 Å². The number of aryl methyl sites for hydroxylation is 1. The van der Waals surface area contributed by atoms with Crippen LogP contribution in [0.25, 0.3) is 0 Å². The van der Waals surface area contributed by atoms with Gasteiger partial charge < -0.3 is 11.1 Å². The second-order valence-electron chi connectivity index (χ2n) is 3.95. The van der Waals surface area contributed by atoms with Gasteiger partial charge in [0, 0.05) is 16.8 Å². The average Bonchev–Trinajstić information content (AvgIpc) is 2.77. The van der Waals surface area contributed by atoms with E-state index in [2.05, 4.69) is 5.32 Å². The lowest BCUT2D eigenvalue weighted by Crippen LogP contribution is -2.09. The Kier molecular flexibility index (Phi) is 3.62. The fourth-order valence-corrected chi connectivity index (χ4v) is 2.45. The molecule has 2 rings (SSSR count). The van der Waals surface area contributed by atoms with Gasteiger partial charge in [0.05, 0.1) is 11.3 Å². The van der Waals surface area contributed by atoms with E-state index < -0.39 is 5.91 Å². The van der Waals surface area contributed by atoms with Crippen molar-refractivity contribution in [3.05, 3.63) is 51.5 Å². The number of primary amides is 1. The van der Waals surface area contributed by atoms with E-state index in [1.165, 1.54) is 17.4 Å². The summed E-state index contributed by atoms with van der Waals surface area (Å²) in [7, 11) is 0. The first kappa shape index (κ1) is 12.6. The minimum Gasteiger partial charge on any atom is -0.378 e. The average molecular weight is 264 g/mol. The summed E-state index contributed by atoms with van der Waals surface area (Å²) in [6, 6.07) is 6.65. The zero-order chi connectivity index (χ0) is 13.1. The number of benzene rings is 1. The first-order chi connectivity index (χ1) is 8.58. The number of rotatable bonds is 4. The molecule has 1 amide bonds. The molecule has 5 heteroatoms. The molecule has 0 aliphatic carbocycles. The van der Waals surface area contributed by atoms with Gasteiger partial charge in [0.2, 0.25) is 5.91 Å². The largest absolute Gasteiger partial charge is 0.378 e. The Morgan fingerprint density at radius 3 is 2.89 bits per heavy atom. The molecule has 0 spiro atoms. The predicted octanol–water partition coefficient (Wildman–Crippen LogP) is 2.91. The highest BCUT2D eigenvalue weighted by atomic mass is 32.1. The molecule has 0 saturated heterocycles. The van der Waals surface area contributed by atoms with E-state index >= 15 is 0 Å². The molecule has 0 fully saturated rings. The summed E-state index contributed by atoms with van der Waals surface area (Å²) in [5, 5.41) is 4.73. The van der Waals surface area contributed by atoms with Crippen molar-refractivity contribution in [1.29, 1.82) is 0 Å². The summed E-state index contributed by atoms with van der Waals surface area (Å²) in [6.07, 6.45) is 0. The third-order valence-electron chi connectivity index (χ3n) is 2.60. The number of carbonyl (C=O) groups excluding carboxylic acids is 1. The number of amides is 1. The number of anilines is 1. The highest BCUT2D eigenvalue weighted by molar-refractivity contribution is 7.10. The van der Waals surface area contributed by atoms with Crippen LogP contribution in [0.5, 0.6) is 0 Å². The lowest BCUT2D eigenvalue weighted by molar-refractivity contribution is 0.100. The molecule has 0 bridgehead atoms. The Hall–Kier alpha value is -1.88. The highest BCUT2D eigenvalue weighted by Crippen LogP contribution is 2.21. The first-order valence-electron chi connectivity index (χ1n) is 5.44. The van der Waals surface area contributed by atoms with Crippen LogP contribution >= 0.6 is 11.3 Å². The fourth-order valence-electron chi connectivity index (χ4n) is 1.63. The Bertz CT molecular complexity index is 560. The Morgan fingerprint density at radius 2 is 2.28 bits per heavy atom. The topological polar surface area (TPSA) is 55.1 Å². The van der Waals surface area contributed by atoms with Gasteiger partial charge in [-0.05, 0) is 24.6 Å². The van der Waals surface area contributed by atoms with Gasteiger partial charge >= 0.3 is 0 Å². The molecule has 2 aromatic rings. The standard InChI is InChI=1S/C13H13FN2OS/c1-8-3-2-4-11(14)12(8)16-6-10-5-9(7-18-10)13(15)17/h2-5,7,16H,6H2,1H3,(H2,15,17). The number of nitrogens with two attached hydrogens (primary N) is 1. The van der Waals surface area contributed by atoms with E-state index in [9.17, 15) is 9.18 Å². The third-order valence-corrected chi connectivity index (χ3v) is 3.54. The number of thiophene rings is 1. The quantitative estimate of drug-likeness (QED) is 0.892. The maximum absolute atomic E-state index is 13.6. The van der Waals surface area contributed by atoms with E-state index in [0.717, 1.165) is 10.4 Å². The van der Waals surface area contributed by atoms with Gasteiger partial charge in [-0.25, -0.2) is 4.39 Å². The molecule has 1 heterocycles. The maximum Gasteiger partial charge on any atom is 0.249 e. The van der Waals surface area contributed by atoms with Gasteiger partial charge in [0.1, 0.15) is 5.82 Å². The van der Waals surface area contributed by atoms with Gasteiger partial charge in [-0.1, -0.05) is 12.1 Å². The van der Waals surface area contributed by atoms with Gasteiger partial charge in [-0.15, -0.1) is 11.3 Å². The lowest BCUT2D eigenvalue weighted by Gasteiger charge is -2.09. The SMILES string of the molecule is Cc1cccc(F)c1NCc1cc(C(N)=O)cs1. The van der Waals surface area contributed by atoms with Crippen LogP contribution in [0.2, 0.25) is 0 Å². The van der Waals surface area contributed by atoms with E-state index in [1.54, 1.807) is 17.5 Å². The number of para-hydroxylation sites is 1. The van der Waals surface area contributed by atoms with E-state index in [1.807, 2.05) is 13.0 Å². The first-order valence-corrected chi connectivity index (χ1v) is 6.32. The van der Waals surface area contributed by atoms with E-state index in [4.69, 9.17) is 5.73 Å². The van der Waals surface area contributed by atoms with Crippen LogP contribution in [0.1, 0.15) is 20.8 Å². The van der Waals surface area contributed by atoms with Crippen molar-refractivity contribution in [1.82, 2.24) is 0 Å². The maximum atomic E-state index is 13.6. The summed E-state index contributed by atoms with van der Waals surface area (Å²) < 4.78 is 13.6. The molecule has 1 aromatic heterocycles. The number of hydrogen-bond donors (Lipinski definition) is 2. The van der Waals surface area contributed by atoms with Crippen molar-refractivity contribution < 1.29 is 9.18 Å². The number of nitrogens with one attached hydrogen (secondary N) is 1. The van der Waals surface area contributed by atoms with Gasteiger partial charge in [0.25, 0.3) is 0 Å². The lowest BCUT2D eigenvalue weighted by atomic mass is 10.2. The second kappa shape index (κ2) is 5.18. The number of carbonyl (C=O) groups is 1. The molecular weight excluding hydrogens is 251 g/mol. The summed E-state index contributed by atoms with van der Waals surface area (Å²) in [5.41, 5.74) is 7.00. The normalized spacial score (nSPS) is 10.3. The zero-order valence-electron chi connectivity index (χ0n) is 9.87. The minimum atomic E-state index is -0.445. The number of halogens is 1. The monoisotopic (exact) mass is 264 g/mol. The second-order valence-corrected chi connectivity index (χ2v) is 4.95. The predicted molar refractivity (Wildman–Crippen MR) is 71.3 cm³/mol. The van der Waals surface area contributed by atoms with Crippen LogP contribution in [0.15, 0.2) is 29.6 Å². The van der Waals surface area contributed by atoms with Crippen LogP contribution in [-0.4, -0.2) is 5.91 Å². The minimum absolute atomic E-state index is 0.276. The van der Waals surface area contributed by atoms with Crippen molar-refractivity contribution in [3.8, 4) is 0 Å². The summed E-state index contributed by atoms with van der Waals surface area (Å²) >= 11 is 1.42. The van der Waals surface area contributed by atoms with Crippen molar-refractivity contribution in [2.24, 2.45) is 5.73 Å². The van der Waals surface area contributed by atoms with Gasteiger partial charge in [-0.3, -0.25) is 4.79 Å². The van der Waals surface area contributed by atoms with Crippen molar-refractivity contribution >= 4 is 22.9 Å². The van der Waals surface area contributed by atoms with Crippen molar-refractivity contribution in [2.45, 2.75) is 13.5 Å². The Morgan fingerprint density at radius 1 is 1.50 bits per heavy atom. The molecule has 0 saturated carbocycles. The molecule has 18 heavy (non-hydrogen) atoms. The molecular formula is C13H13FN2OS. The molecule has 0 atom stereocenters. The molecule has 3 nitrogen and oxygen atoms in total. The van der Waals surface area contributed by atoms with Crippen LogP contribution in [0, 0.1) is 12.7 Å². The fraction of sp³-hybridized carbons (Fsp3) is 0.154. The van der Waals surface area contributed by atoms with Crippen molar-refractivity contribution in [3.63, 3.8) is 0 Å². The van der Waals surface area contributed by atoms with Crippen LogP contribution < -0.4 is 11.1 Å². The molecule has 0 unspecified atom stereocenters. The van der Waals surface area contributed by atoms with Gasteiger partial charge in [0.15, 0.2) is 0 Å². The molecule has 0 radical (unpaired) electrons. The molecule has 94 valence electrons. The van der Waals surface area contributed by atoms with Crippen LogP contribution in [0.3, 0.4) is 0 Å². The van der Waals surface area contributed by atoms with E-state index in [-0.39, 0.29) is 5.82 Å². The smallest absolute Gasteiger partial charge is 0.249 e. The summed E-state index contributed by atoms with van der Waals surface area (Å²) in [4.78, 5) is 11.9.